The highest BCUT2D eigenvalue weighted by atomic mass is 16.5. The van der Waals surface area contributed by atoms with E-state index in [1.54, 1.807) is 6.92 Å². The van der Waals surface area contributed by atoms with E-state index in [2.05, 4.69) is 11.4 Å². The second-order valence-electron chi connectivity index (χ2n) is 7.22. The van der Waals surface area contributed by atoms with Gasteiger partial charge < -0.3 is 15.2 Å². The van der Waals surface area contributed by atoms with E-state index in [4.69, 9.17) is 9.84 Å². The lowest BCUT2D eigenvalue weighted by molar-refractivity contribution is -0.168. The van der Waals surface area contributed by atoms with Crippen molar-refractivity contribution in [2.75, 3.05) is 13.1 Å². The third-order valence-electron chi connectivity index (χ3n) is 5.35. The lowest BCUT2D eigenvalue weighted by atomic mass is 9.77. The van der Waals surface area contributed by atoms with Crippen LogP contribution >= 0.6 is 0 Å². The molecule has 2 saturated heterocycles. The lowest BCUT2D eigenvalue weighted by Gasteiger charge is -2.27. The molecule has 2 aliphatic heterocycles. The van der Waals surface area contributed by atoms with Crippen molar-refractivity contribution < 1.29 is 29.4 Å². The van der Waals surface area contributed by atoms with Crippen LogP contribution < -0.4 is 5.32 Å². The molecule has 27 heavy (non-hydrogen) atoms. The summed E-state index contributed by atoms with van der Waals surface area (Å²) in [5, 5.41) is 21.4. The lowest BCUT2D eigenvalue weighted by Crippen LogP contribution is -2.43. The number of carboxylic acids is 1. The van der Waals surface area contributed by atoms with Crippen molar-refractivity contribution >= 4 is 17.8 Å². The molecule has 0 aliphatic carbocycles. The molecule has 4 atom stereocenters. The van der Waals surface area contributed by atoms with Gasteiger partial charge in [0.25, 0.3) is 0 Å². The van der Waals surface area contributed by atoms with Gasteiger partial charge in [0.1, 0.15) is 6.54 Å². The second kappa shape index (κ2) is 10.4. The number of rotatable bonds is 11. The third-order valence-corrected chi connectivity index (χ3v) is 5.35. The van der Waals surface area contributed by atoms with Crippen LogP contribution in [0.15, 0.2) is 12.2 Å². The molecule has 2 rings (SSSR count). The number of hydrogen-bond acceptors (Lipinski definition) is 5. The molecule has 0 aromatic heterocycles. The first-order valence-corrected chi connectivity index (χ1v) is 9.70. The van der Waals surface area contributed by atoms with Crippen molar-refractivity contribution in [1.29, 1.82) is 0 Å². The van der Waals surface area contributed by atoms with Crippen LogP contribution in [0.3, 0.4) is 0 Å². The fraction of sp³-hybridized carbons (Fsp3) is 0.737. The van der Waals surface area contributed by atoms with Gasteiger partial charge in [-0.2, -0.15) is 0 Å². The van der Waals surface area contributed by atoms with Crippen molar-refractivity contribution in [3.63, 3.8) is 0 Å². The molecule has 2 heterocycles. The monoisotopic (exact) mass is 382 g/mol. The standard InChI is InChI=1S/C19H30N2O6/c1-2-18(23)21(26)12-17(22)20-11-14-13(15-9-10-16(14)27-15)7-5-3-4-6-8-19(24)25/h3,5,13-16,26H,2,4,6-12H2,1H3,(H,20,22)(H,24,25)/t13-,14+,15-,16+/m1/s1. The molecule has 8 nitrogen and oxygen atoms in total. The highest BCUT2D eigenvalue weighted by Crippen LogP contribution is 2.44. The number of carbonyl (C=O) groups excluding carboxylic acids is 2. The van der Waals surface area contributed by atoms with Crippen LogP contribution in [-0.4, -0.2) is 58.5 Å². The Morgan fingerprint density at radius 3 is 2.56 bits per heavy atom. The first kappa shape index (κ1) is 21.4. The van der Waals surface area contributed by atoms with E-state index < -0.39 is 11.9 Å². The second-order valence-corrected chi connectivity index (χ2v) is 7.22. The Bertz CT molecular complexity index is 564. The number of ether oxygens (including phenoxy) is 1. The summed E-state index contributed by atoms with van der Waals surface area (Å²) in [6.07, 6.45) is 9.01. The largest absolute Gasteiger partial charge is 0.481 e. The van der Waals surface area contributed by atoms with Gasteiger partial charge in [0.2, 0.25) is 11.8 Å². The number of amides is 2. The molecule has 2 aliphatic rings. The molecule has 0 aromatic carbocycles. The Labute approximate surface area is 159 Å². The molecule has 2 amide bonds. The Kier molecular flexibility index (Phi) is 8.24. The van der Waals surface area contributed by atoms with Gasteiger partial charge in [-0.05, 0) is 38.0 Å². The van der Waals surface area contributed by atoms with Gasteiger partial charge in [0.15, 0.2) is 0 Å². The van der Waals surface area contributed by atoms with E-state index in [1.807, 2.05) is 6.08 Å². The predicted molar refractivity (Wildman–Crippen MR) is 96.9 cm³/mol. The highest BCUT2D eigenvalue weighted by Gasteiger charge is 2.47. The van der Waals surface area contributed by atoms with Crippen LogP contribution in [0.1, 0.15) is 51.9 Å². The van der Waals surface area contributed by atoms with Gasteiger partial charge in [-0.25, -0.2) is 5.06 Å². The molecule has 0 spiro atoms. The number of unbranched alkanes of at least 4 members (excludes halogenated alkanes) is 1. The van der Waals surface area contributed by atoms with Gasteiger partial charge >= 0.3 is 5.97 Å². The number of allylic oxidation sites excluding steroid dienone is 2. The predicted octanol–water partition coefficient (Wildman–Crippen LogP) is 1.73. The number of hydroxylamine groups is 2. The van der Waals surface area contributed by atoms with E-state index in [1.165, 1.54) is 0 Å². The van der Waals surface area contributed by atoms with Crippen molar-refractivity contribution in [2.24, 2.45) is 11.8 Å². The molecule has 2 bridgehead atoms. The summed E-state index contributed by atoms with van der Waals surface area (Å²) in [5.74, 6) is -1.11. The molecule has 0 aromatic rings. The summed E-state index contributed by atoms with van der Waals surface area (Å²) in [6, 6.07) is 0. The molecule has 3 N–H and O–H groups in total. The van der Waals surface area contributed by atoms with Crippen molar-refractivity contribution in [3.8, 4) is 0 Å². The van der Waals surface area contributed by atoms with Gasteiger partial charge in [0, 0.05) is 25.3 Å². The first-order chi connectivity index (χ1) is 12.9. The summed E-state index contributed by atoms with van der Waals surface area (Å²) in [6.45, 7) is 1.73. The van der Waals surface area contributed by atoms with Crippen molar-refractivity contribution in [2.45, 2.75) is 64.1 Å². The zero-order valence-corrected chi connectivity index (χ0v) is 15.8. The maximum atomic E-state index is 12.0. The number of carboxylic acid groups (broad SMARTS) is 1. The third kappa shape index (κ3) is 6.32. The number of carbonyl (C=O) groups is 3. The minimum Gasteiger partial charge on any atom is -0.481 e. The zero-order chi connectivity index (χ0) is 19.8. The number of nitrogens with zero attached hydrogens (tertiary/aromatic N) is 1. The molecule has 0 radical (unpaired) electrons. The summed E-state index contributed by atoms with van der Waals surface area (Å²) < 4.78 is 6.00. The molecule has 0 unspecified atom stereocenters. The smallest absolute Gasteiger partial charge is 0.303 e. The number of fused-ring (bicyclic) bond motifs is 2. The van der Waals surface area contributed by atoms with Gasteiger partial charge in [0.05, 0.1) is 12.2 Å². The number of nitrogens with one attached hydrogen (secondary N) is 1. The maximum Gasteiger partial charge on any atom is 0.303 e. The fourth-order valence-electron chi connectivity index (χ4n) is 3.92. The van der Waals surface area contributed by atoms with Crippen LogP contribution in [0.4, 0.5) is 0 Å². The van der Waals surface area contributed by atoms with Gasteiger partial charge in [-0.15, -0.1) is 0 Å². The van der Waals surface area contributed by atoms with E-state index >= 15 is 0 Å². The quantitative estimate of drug-likeness (QED) is 0.217. The Hall–Kier alpha value is -1.93. The fourth-order valence-corrected chi connectivity index (χ4v) is 3.92. The zero-order valence-electron chi connectivity index (χ0n) is 15.8. The van der Waals surface area contributed by atoms with Crippen LogP contribution in [0, 0.1) is 11.8 Å². The molecular formula is C19H30N2O6. The van der Waals surface area contributed by atoms with E-state index in [0.29, 0.717) is 23.9 Å². The highest BCUT2D eigenvalue weighted by molar-refractivity contribution is 5.83. The normalized spacial score (nSPS) is 26.4. The van der Waals surface area contributed by atoms with Crippen molar-refractivity contribution in [1.82, 2.24) is 10.4 Å². The number of aliphatic carboxylic acids is 1. The minimum absolute atomic E-state index is 0.142. The van der Waals surface area contributed by atoms with E-state index in [-0.39, 0.29) is 43.4 Å². The van der Waals surface area contributed by atoms with Gasteiger partial charge in [-0.1, -0.05) is 19.1 Å². The minimum atomic E-state index is -0.775. The van der Waals surface area contributed by atoms with Crippen LogP contribution in [0.5, 0.6) is 0 Å². The Morgan fingerprint density at radius 2 is 1.89 bits per heavy atom. The topological polar surface area (TPSA) is 116 Å². The molecule has 2 fully saturated rings. The van der Waals surface area contributed by atoms with Crippen molar-refractivity contribution in [3.05, 3.63) is 12.2 Å². The molecule has 152 valence electrons. The van der Waals surface area contributed by atoms with Crippen LogP contribution in [0.25, 0.3) is 0 Å². The summed E-state index contributed by atoms with van der Waals surface area (Å²) in [4.78, 5) is 33.8. The average Bonchev–Trinajstić information content (AvgIpc) is 3.23. The van der Waals surface area contributed by atoms with Crippen LogP contribution in [-0.2, 0) is 19.1 Å². The Morgan fingerprint density at radius 1 is 1.19 bits per heavy atom. The SMILES string of the molecule is CCC(=O)N(O)CC(=O)NC[C@H]1[C@@H](CC=CCCCC(=O)O)[C@H]2CC[C@@H]1O2. The summed E-state index contributed by atoms with van der Waals surface area (Å²) >= 11 is 0. The van der Waals surface area contributed by atoms with Gasteiger partial charge in [-0.3, -0.25) is 19.6 Å². The summed E-state index contributed by atoms with van der Waals surface area (Å²) in [7, 11) is 0. The molecule has 8 heteroatoms. The van der Waals surface area contributed by atoms with Crippen LogP contribution in [0.2, 0.25) is 0 Å². The molecule has 0 saturated carbocycles. The Balaban J connectivity index is 1.77. The van der Waals surface area contributed by atoms with E-state index in [9.17, 15) is 19.6 Å². The van der Waals surface area contributed by atoms with E-state index in [0.717, 1.165) is 25.7 Å². The summed E-state index contributed by atoms with van der Waals surface area (Å²) in [5.41, 5.74) is 0. The average molecular weight is 382 g/mol. The maximum absolute atomic E-state index is 12.0. The number of hydrogen-bond donors (Lipinski definition) is 3. The molecular weight excluding hydrogens is 352 g/mol. The first-order valence-electron chi connectivity index (χ1n) is 9.70.